The van der Waals surface area contributed by atoms with Crippen LogP contribution in [0.1, 0.15) is 31.4 Å². The Morgan fingerprint density at radius 2 is 2.04 bits per heavy atom. The fraction of sp³-hybridized carbons (Fsp3) is 0.444. The molecule has 0 aliphatic heterocycles. The number of nitrogens with one attached hydrogen (secondary N) is 2. The molecule has 0 radical (unpaired) electrons. The van der Waals surface area contributed by atoms with E-state index in [9.17, 15) is 14.3 Å². The maximum atomic E-state index is 13.0. The molecule has 0 spiro atoms. The van der Waals surface area contributed by atoms with Gasteiger partial charge < -0.3 is 10.4 Å². The minimum absolute atomic E-state index is 0.109. The molecule has 2 atom stereocenters. The number of carbonyl (C=O) groups excluding carboxylic acids is 1. The number of rotatable bonds is 4. The van der Waals surface area contributed by atoms with Gasteiger partial charge in [0, 0.05) is 24.2 Å². The summed E-state index contributed by atoms with van der Waals surface area (Å²) in [7, 11) is 0. The monoisotopic (exact) mass is 346 g/mol. The second kappa shape index (κ2) is 7.65. The van der Waals surface area contributed by atoms with Crippen molar-refractivity contribution < 1.29 is 14.3 Å². The van der Waals surface area contributed by atoms with Crippen molar-refractivity contribution in [1.29, 1.82) is 0 Å². The maximum absolute atomic E-state index is 13.0. The lowest BCUT2D eigenvalue weighted by Crippen LogP contribution is -2.38. The van der Waals surface area contributed by atoms with Crippen LogP contribution in [0.4, 0.5) is 15.0 Å². The number of nitrogens with zero attached hydrogens (tertiary/aromatic N) is 2. The highest BCUT2D eigenvalue weighted by atomic mass is 19.1. The van der Waals surface area contributed by atoms with Crippen LogP contribution in [-0.4, -0.2) is 33.6 Å². The lowest BCUT2D eigenvalue weighted by Gasteiger charge is -2.27. The highest BCUT2D eigenvalue weighted by molar-refractivity contribution is 5.88. The molecule has 0 saturated heterocycles. The summed E-state index contributed by atoms with van der Waals surface area (Å²) < 4.78 is 14.7. The second-order valence-corrected chi connectivity index (χ2v) is 6.51. The molecular formula is C18H23FN4O2. The van der Waals surface area contributed by atoms with Gasteiger partial charge in [-0.05, 0) is 44.0 Å². The molecule has 2 unspecified atom stereocenters. The zero-order valence-corrected chi connectivity index (χ0v) is 14.2. The van der Waals surface area contributed by atoms with Crippen LogP contribution in [0.2, 0.25) is 0 Å². The number of hydrogen-bond acceptors (Lipinski definition) is 3. The van der Waals surface area contributed by atoms with Crippen LogP contribution in [0.3, 0.4) is 0 Å². The summed E-state index contributed by atoms with van der Waals surface area (Å²) >= 11 is 0. The Morgan fingerprint density at radius 3 is 2.76 bits per heavy atom. The van der Waals surface area contributed by atoms with Gasteiger partial charge in [-0.2, -0.15) is 0 Å². The number of amides is 2. The van der Waals surface area contributed by atoms with E-state index in [4.69, 9.17) is 0 Å². The number of benzene rings is 1. The van der Waals surface area contributed by atoms with Gasteiger partial charge in [-0.15, -0.1) is 5.10 Å². The first-order valence-corrected chi connectivity index (χ1v) is 8.58. The lowest BCUT2D eigenvalue weighted by molar-refractivity contribution is 0.0711. The predicted molar refractivity (Wildman–Crippen MR) is 93.2 cm³/mol. The summed E-state index contributed by atoms with van der Waals surface area (Å²) in [5.41, 5.74) is 1.54. The van der Waals surface area contributed by atoms with Gasteiger partial charge in [0.05, 0.1) is 11.8 Å². The Morgan fingerprint density at radius 1 is 1.32 bits per heavy atom. The predicted octanol–water partition coefficient (Wildman–Crippen LogP) is 2.99. The maximum Gasteiger partial charge on any atom is 0.320 e. The number of aryl methyl sites for hydroxylation is 1. The molecular weight excluding hydrogens is 323 g/mol. The number of aromatic nitrogens is 2. The van der Waals surface area contributed by atoms with Crippen LogP contribution in [0.25, 0.3) is 5.69 Å². The van der Waals surface area contributed by atoms with E-state index in [1.807, 2.05) is 6.92 Å². The highest BCUT2D eigenvalue weighted by Crippen LogP contribution is 2.23. The van der Waals surface area contributed by atoms with Gasteiger partial charge >= 0.3 is 6.03 Å². The van der Waals surface area contributed by atoms with Crippen molar-refractivity contribution in [3.63, 3.8) is 0 Å². The topological polar surface area (TPSA) is 79.2 Å². The minimum atomic E-state index is -0.346. The molecule has 25 heavy (non-hydrogen) atoms. The summed E-state index contributed by atoms with van der Waals surface area (Å²) in [6.45, 7) is 2.31. The average molecular weight is 346 g/mol. The van der Waals surface area contributed by atoms with E-state index >= 15 is 0 Å². The van der Waals surface area contributed by atoms with Crippen molar-refractivity contribution in [1.82, 2.24) is 15.1 Å². The van der Waals surface area contributed by atoms with Crippen molar-refractivity contribution in [2.45, 2.75) is 38.7 Å². The molecule has 1 heterocycles. The van der Waals surface area contributed by atoms with Crippen molar-refractivity contribution in [3.05, 3.63) is 41.8 Å². The van der Waals surface area contributed by atoms with E-state index in [2.05, 4.69) is 15.7 Å². The average Bonchev–Trinajstić information content (AvgIpc) is 2.95. The third kappa shape index (κ3) is 4.36. The molecule has 6 nitrogen and oxygen atoms in total. The first-order valence-electron chi connectivity index (χ1n) is 8.58. The zero-order chi connectivity index (χ0) is 17.8. The molecule has 7 heteroatoms. The molecule has 3 N–H and O–H groups in total. The molecule has 1 aliphatic rings. The van der Waals surface area contributed by atoms with Gasteiger partial charge in [0.25, 0.3) is 0 Å². The molecule has 1 fully saturated rings. The van der Waals surface area contributed by atoms with Crippen LogP contribution in [-0.2, 0) is 0 Å². The fourth-order valence-corrected chi connectivity index (χ4v) is 3.19. The van der Waals surface area contributed by atoms with Gasteiger partial charge in [-0.25, -0.2) is 13.9 Å². The number of urea groups is 1. The number of carbonyl (C=O) groups is 1. The number of halogens is 1. The Labute approximate surface area is 146 Å². The van der Waals surface area contributed by atoms with E-state index in [-0.39, 0.29) is 23.9 Å². The zero-order valence-electron chi connectivity index (χ0n) is 14.2. The summed E-state index contributed by atoms with van der Waals surface area (Å²) in [4.78, 5) is 12.1. The normalized spacial score (nSPS) is 20.3. The van der Waals surface area contributed by atoms with Gasteiger partial charge in [0.1, 0.15) is 5.82 Å². The fourth-order valence-electron chi connectivity index (χ4n) is 3.19. The minimum Gasteiger partial charge on any atom is -0.393 e. The van der Waals surface area contributed by atoms with Gasteiger partial charge in [-0.1, -0.05) is 12.8 Å². The van der Waals surface area contributed by atoms with E-state index in [0.29, 0.717) is 12.4 Å². The van der Waals surface area contributed by atoms with Gasteiger partial charge in [0.2, 0.25) is 0 Å². The van der Waals surface area contributed by atoms with Gasteiger partial charge in [0.15, 0.2) is 5.82 Å². The number of aliphatic hydroxyl groups is 1. The standard InChI is InChI=1S/C18H23FN4O2/c1-12-10-17(22-23(12)15-8-6-14(19)7-9-15)21-18(25)20-11-13-4-2-3-5-16(13)24/h6-10,13,16,24H,2-5,11H2,1H3,(H2,20,21,22,25). The van der Waals surface area contributed by atoms with Crippen molar-refractivity contribution >= 4 is 11.8 Å². The smallest absolute Gasteiger partial charge is 0.320 e. The first kappa shape index (κ1) is 17.4. The molecule has 3 rings (SSSR count). The van der Waals surface area contributed by atoms with E-state index in [1.165, 1.54) is 12.1 Å². The van der Waals surface area contributed by atoms with Crippen LogP contribution in [0.15, 0.2) is 30.3 Å². The van der Waals surface area contributed by atoms with Crippen LogP contribution < -0.4 is 10.6 Å². The van der Waals surface area contributed by atoms with Crippen molar-refractivity contribution in [2.24, 2.45) is 5.92 Å². The van der Waals surface area contributed by atoms with Crippen molar-refractivity contribution in [2.75, 3.05) is 11.9 Å². The summed E-state index contributed by atoms with van der Waals surface area (Å²) in [6, 6.07) is 7.39. The SMILES string of the molecule is Cc1cc(NC(=O)NCC2CCCCC2O)nn1-c1ccc(F)cc1. The molecule has 2 amide bonds. The second-order valence-electron chi connectivity index (χ2n) is 6.51. The highest BCUT2D eigenvalue weighted by Gasteiger charge is 2.23. The quantitative estimate of drug-likeness (QED) is 0.796. The van der Waals surface area contributed by atoms with E-state index in [0.717, 1.165) is 37.1 Å². The third-order valence-corrected chi connectivity index (χ3v) is 4.59. The molecule has 0 bridgehead atoms. The van der Waals surface area contributed by atoms with Crippen LogP contribution >= 0.6 is 0 Å². The summed E-state index contributed by atoms with van der Waals surface area (Å²) in [5, 5.41) is 19.8. The lowest BCUT2D eigenvalue weighted by atomic mass is 9.86. The largest absolute Gasteiger partial charge is 0.393 e. The van der Waals surface area contributed by atoms with E-state index in [1.54, 1.807) is 22.9 Å². The molecule has 2 aromatic rings. The number of hydrogen-bond donors (Lipinski definition) is 3. The molecule has 1 saturated carbocycles. The number of anilines is 1. The first-order chi connectivity index (χ1) is 12.0. The van der Waals surface area contributed by atoms with E-state index < -0.39 is 0 Å². The Kier molecular flexibility index (Phi) is 5.33. The summed E-state index contributed by atoms with van der Waals surface area (Å²) in [5.74, 6) is 0.220. The molecule has 134 valence electrons. The van der Waals surface area contributed by atoms with Crippen molar-refractivity contribution in [3.8, 4) is 5.69 Å². The van der Waals surface area contributed by atoms with Gasteiger partial charge in [-0.3, -0.25) is 5.32 Å². The molecule has 1 aromatic carbocycles. The third-order valence-electron chi connectivity index (χ3n) is 4.59. The Bertz CT molecular complexity index is 729. The molecule has 1 aromatic heterocycles. The van der Waals surface area contributed by atoms with Crippen LogP contribution in [0.5, 0.6) is 0 Å². The molecule has 1 aliphatic carbocycles. The summed E-state index contributed by atoms with van der Waals surface area (Å²) in [6.07, 6.45) is 3.53. The Hall–Kier alpha value is -2.41. The Balaban J connectivity index is 1.58. The number of aliphatic hydroxyl groups excluding tert-OH is 1. The van der Waals surface area contributed by atoms with Crippen LogP contribution in [0, 0.1) is 18.7 Å².